The van der Waals surface area contributed by atoms with Crippen LogP contribution in [0.4, 0.5) is 13.2 Å². The quantitative estimate of drug-likeness (QED) is 0.290. The van der Waals surface area contributed by atoms with Crippen molar-refractivity contribution in [2.24, 2.45) is 0 Å². The molecule has 4 rings (SSSR count). The van der Waals surface area contributed by atoms with Gasteiger partial charge >= 0.3 is 0 Å². The van der Waals surface area contributed by atoms with Crippen LogP contribution in [0.25, 0.3) is 21.8 Å². The maximum absolute atomic E-state index is 13.8. The molecule has 0 fully saturated rings. The highest BCUT2D eigenvalue weighted by atomic mass is 19.3. The van der Waals surface area contributed by atoms with Gasteiger partial charge in [0.1, 0.15) is 37.0 Å². The first kappa shape index (κ1) is 26.4. The van der Waals surface area contributed by atoms with Crippen LogP contribution in [-0.4, -0.2) is 51.4 Å². The lowest BCUT2D eigenvalue weighted by Crippen LogP contribution is -2.36. The second-order valence-electron chi connectivity index (χ2n) is 8.42. The van der Waals surface area contributed by atoms with Crippen LogP contribution < -0.4 is 15.6 Å². The first-order valence-electron chi connectivity index (χ1n) is 11.6. The molecule has 2 aromatic heterocycles. The average molecular weight is 525 g/mol. The van der Waals surface area contributed by atoms with Crippen molar-refractivity contribution in [1.82, 2.24) is 25.1 Å². The number of nitriles is 1. The Balaban J connectivity index is 1.65. The molecule has 1 unspecified atom stereocenters. The smallest absolute Gasteiger partial charge is 0.275 e. The van der Waals surface area contributed by atoms with Gasteiger partial charge in [-0.15, -0.1) is 6.58 Å². The summed E-state index contributed by atoms with van der Waals surface area (Å²) in [5.74, 6) is -0.136. The lowest BCUT2D eigenvalue weighted by Gasteiger charge is -2.10. The molecule has 0 aliphatic rings. The molecule has 0 spiro atoms. The Hall–Kier alpha value is -4.66. The summed E-state index contributed by atoms with van der Waals surface area (Å²) in [6.45, 7) is 1.89. The summed E-state index contributed by atoms with van der Waals surface area (Å²) in [4.78, 5) is 32.6. The van der Waals surface area contributed by atoms with E-state index in [1.165, 1.54) is 12.1 Å². The fourth-order valence-electron chi connectivity index (χ4n) is 3.89. The maximum Gasteiger partial charge on any atom is 0.275 e. The number of rotatable bonds is 11. The van der Waals surface area contributed by atoms with Gasteiger partial charge in [0.05, 0.1) is 40.6 Å². The van der Waals surface area contributed by atoms with E-state index in [1.807, 2.05) is 6.07 Å². The third-order valence-electron chi connectivity index (χ3n) is 5.62. The van der Waals surface area contributed by atoms with Crippen molar-refractivity contribution in [2.45, 2.75) is 32.0 Å². The number of halogens is 3. The number of alkyl halides is 3. The predicted octanol–water partition coefficient (Wildman–Crippen LogP) is 3.41. The van der Waals surface area contributed by atoms with E-state index in [2.05, 4.69) is 27.0 Å². The molecule has 2 N–H and O–H groups in total. The standard InChI is InChI=1S/C26H23F3N6O3/c1-2-5-16(27)14-38-22-9-21-20(8-15(22)11-30)32-24(33-21)10-19-17-6-3-4-7-18(17)26(37)35(34-19)13-25(36)31-12-23(28)29/h2-4,6-9,16,23H,1,5,10,12-14H2,(H,31,36)(H,32,33). The molecule has 0 bridgehead atoms. The summed E-state index contributed by atoms with van der Waals surface area (Å²) >= 11 is 0. The van der Waals surface area contributed by atoms with E-state index in [-0.39, 0.29) is 30.8 Å². The molecule has 0 saturated heterocycles. The first-order valence-corrected chi connectivity index (χ1v) is 11.6. The molecule has 1 atom stereocenters. The highest BCUT2D eigenvalue weighted by Gasteiger charge is 2.17. The van der Waals surface area contributed by atoms with Crippen molar-refractivity contribution in [3.05, 3.63) is 76.5 Å². The second kappa shape index (κ2) is 11.6. The number of nitrogens with one attached hydrogen (secondary N) is 2. The zero-order valence-corrected chi connectivity index (χ0v) is 20.1. The van der Waals surface area contributed by atoms with Crippen LogP contribution in [0, 0.1) is 11.3 Å². The lowest BCUT2D eigenvalue weighted by atomic mass is 10.1. The number of ether oxygens (including phenoxy) is 1. The number of H-pyrrole nitrogens is 1. The molecular weight excluding hydrogens is 501 g/mol. The number of carbonyl (C=O) groups is 1. The van der Waals surface area contributed by atoms with Gasteiger partial charge in [-0.1, -0.05) is 24.3 Å². The summed E-state index contributed by atoms with van der Waals surface area (Å²) in [5.41, 5.74) is 1.09. The molecule has 38 heavy (non-hydrogen) atoms. The van der Waals surface area contributed by atoms with Crippen LogP contribution >= 0.6 is 0 Å². The average Bonchev–Trinajstić information content (AvgIpc) is 3.29. The highest BCUT2D eigenvalue weighted by Crippen LogP contribution is 2.26. The largest absolute Gasteiger partial charge is 0.489 e. The molecular formula is C26H23F3N6O3. The van der Waals surface area contributed by atoms with Crippen molar-refractivity contribution in [3.63, 3.8) is 0 Å². The Morgan fingerprint density at radius 1 is 1.26 bits per heavy atom. The Labute approximate surface area is 214 Å². The fraction of sp³-hybridized carbons (Fsp3) is 0.269. The third-order valence-corrected chi connectivity index (χ3v) is 5.62. The van der Waals surface area contributed by atoms with E-state index in [0.29, 0.717) is 33.3 Å². The second-order valence-corrected chi connectivity index (χ2v) is 8.42. The number of aromatic amines is 1. The molecule has 1 amide bonds. The zero-order chi connectivity index (χ0) is 27.2. The number of benzene rings is 2. The van der Waals surface area contributed by atoms with Gasteiger partial charge in [-0.05, 0) is 18.6 Å². The number of amides is 1. The number of hydrogen-bond donors (Lipinski definition) is 2. The van der Waals surface area contributed by atoms with Crippen molar-refractivity contribution >= 4 is 27.7 Å². The van der Waals surface area contributed by atoms with E-state index < -0.39 is 37.2 Å². The minimum Gasteiger partial charge on any atom is -0.489 e. The number of hydrogen-bond acceptors (Lipinski definition) is 6. The molecule has 0 saturated carbocycles. The van der Waals surface area contributed by atoms with Crippen LogP contribution in [-0.2, 0) is 17.8 Å². The van der Waals surface area contributed by atoms with E-state index in [9.17, 15) is 28.0 Å². The maximum atomic E-state index is 13.8. The minimum atomic E-state index is -2.72. The molecule has 2 heterocycles. The number of nitrogens with zero attached hydrogens (tertiary/aromatic N) is 4. The Morgan fingerprint density at radius 3 is 2.74 bits per heavy atom. The van der Waals surface area contributed by atoms with Gasteiger partial charge in [0.2, 0.25) is 5.91 Å². The normalized spacial score (nSPS) is 12.0. The molecule has 196 valence electrons. The van der Waals surface area contributed by atoms with Crippen molar-refractivity contribution in [3.8, 4) is 11.8 Å². The number of fused-ring (bicyclic) bond motifs is 2. The third kappa shape index (κ3) is 6.00. The van der Waals surface area contributed by atoms with Crippen molar-refractivity contribution < 1.29 is 22.7 Å². The number of allylic oxidation sites excluding steroid dienone is 1. The molecule has 2 aromatic carbocycles. The van der Waals surface area contributed by atoms with Gasteiger partial charge < -0.3 is 15.0 Å². The number of aromatic nitrogens is 4. The Bertz CT molecular complexity index is 1590. The van der Waals surface area contributed by atoms with Gasteiger partial charge in [-0.25, -0.2) is 22.8 Å². The van der Waals surface area contributed by atoms with Crippen LogP contribution in [0.5, 0.6) is 5.75 Å². The summed E-state index contributed by atoms with van der Waals surface area (Å²) in [6, 6.07) is 11.8. The van der Waals surface area contributed by atoms with Gasteiger partial charge in [-0.3, -0.25) is 9.59 Å². The van der Waals surface area contributed by atoms with Crippen LogP contribution in [0.1, 0.15) is 23.5 Å². The molecule has 0 aliphatic carbocycles. The predicted molar refractivity (Wildman–Crippen MR) is 134 cm³/mol. The number of imidazole rings is 1. The van der Waals surface area contributed by atoms with Crippen LogP contribution in [0.15, 0.2) is 53.8 Å². The molecule has 12 heteroatoms. The van der Waals surface area contributed by atoms with E-state index in [1.54, 1.807) is 30.3 Å². The monoisotopic (exact) mass is 524 g/mol. The molecule has 0 radical (unpaired) electrons. The minimum absolute atomic E-state index is 0.119. The van der Waals surface area contributed by atoms with Gasteiger partial charge in [0, 0.05) is 11.5 Å². The lowest BCUT2D eigenvalue weighted by molar-refractivity contribution is -0.122. The molecule has 9 nitrogen and oxygen atoms in total. The summed E-state index contributed by atoms with van der Waals surface area (Å²) < 4.78 is 45.2. The SMILES string of the molecule is C=CCC(F)COc1cc2nc(Cc3nn(CC(=O)NCC(F)F)c(=O)c4ccccc34)[nH]c2cc1C#N. The van der Waals surface area contributed by atoms with Crippen LogP contribution in [0.2, 0.25) is 0 Å². The first-order chi connectivity index (χ1) is 18.3. The fourth-order valence-corrected chi connectivity index (χ4v) is 3.89. The summed E-state index contributed by atoms with van der Waals surface area (Å²) in [5, 5.41) is 16.7. The Kier molecular flexibility index (Phi) is 8.06. The van der Waals surface area contributed by atoms with E-state index >= 15 is 0 Å². The van der Waals surface area contributed by atoms with Gasteiger partial charge in [0.25, 0.3) is 12.0 Å². The topological polar surface area (TPSA) is 126 Å². The van der Waals surface area contributed by atoms with E-state index in [4.69, 9.17) is 4.74 Å². The molecule has 4 aromatic rings. The van der Waals surface area contributed by atoms with Crippen LogP contribution in [0.3, 0.4) is 0 Å². The van der Waals surface area contributed by atoms with E-state index in [0.717, 1.165) is 4.68 Å². The zero-order valence-electron chi connectivity index (χ0n) is 20.1. The number of carbonyl (C=O) groups excluding carboxylic acids is 1. The molecule has 0 aliphatic heterocycles. The Morgan fingerprint density at radius 2 is 2.03 bits per heavy atom. The van der Waals surface area contributed by atoms with Gasteiger partial charge in [0.15, 0.2) is 0 Å². The highest BCUT2D eigenvalue weighted by molar-refractivity contribution is 5.85. The van der Waals surface area contributed by atoms with Crippen molar-refractivity contribution in [2.75, 3.05) is 13.2 Å². The van der Waals surface area contributed by atoms with Gasteiger partial charge in [-0.2, -0.15) is 10.4 Å². The summed E-state index contributed by atoms with van der Waals surface area (Å²) in [6.07, 6.45) is -2.30. The van der Waals surface area contributed by atoms with Crippen molar-refractivity contribution in [1.29, 1.82) is 5.26 Å². The summed E-state index contributed by atoms with van der Waals surface area (Å²) in [7, 11) is 0.